The first-order valence-corrected chi connectivity index (χ1v) is 10.7. The lowest BCUT2D eigenvalue weighted by atomic mass is 9.85. The van der Waals surface area contributed by atoms with E-state index in [0.717, 1.165) is 24.0 Å². The molecule has 1 fully saturated rings. The van der Waals surface area contributed by atoms with Gasteiger partial charge in [0.2, 0.25) is 0 Å². The van der Waals surface area contributed by atoms with Crippen LogP contribution in [-0.2, 0) is 28.6 Å². The molecule has 1 heterocycles. The molecule has 7 heteroatoms. The van der Waals surface area contributed by atoms with Gasteiger partial charge >= 0.3 is 17.9 Å². The van der Waals surface area contributed by atoms with Gasteiger partial charge in [0.05, 0.1) is 18.1 Å². The lowest BCUT2D eigenvalue weighted by Crippen LogP contribution is -2.34. The lowest BCUT2D eigenvalue weighted by Gasteiger charge is -2.27. The topological polar surface area (TPSA) is 99.1 Å². The monoisotopic (exact) mass is 444 g/mol. The van der Waals surface area contributed by atoms with Crippen molar-refractivity contribution in [3.63, 3.8) is 0 Å². The second-order valence-corrected chi connectivity index (χ2v) is 8.13. The molecule has 2 rings (SSSR count). The second kappa shape index (κ2) is 11.6. The zero-order valence-corrected chi connectivity index (χ0v) is 19.2. The summed E-state index contributed by atoms with van der Waals surface area (Å²) in [5.41, 5.74) is 2.77. The number of rotatable bonds is 6. The molecule has 0 bridgehead atoms. The number of hydrogen-bond donors (Lipinski definition) is 1. The standard InChI is InChI=1S/C25H32O7/c1-6-17(4)23(27)30-14-19(10-11-26)25(29)32-21-13-16(3)9-7-8-15(2)12-20-22(21)18(5)24(28)31-20/h6,9-10,12,20-22,26H,5,7-8,11,13-14H2,1-4H3. The lowest BCUT2D eigenvalue weighted by molar-refractivity contribution is -0.148. The van der Waals surface area contributed by atoms with Crippen LogP contribution in [0.5, 0.6) is 0 Å². The predicted molar refractivity (Wildman–Crippen MR) is 119 cm³/mol. The molecule has 1 aliphatic heterocycles. The number of hydrogen-bond acceptors (Lipinski definition) is 7. The molecular weight excluding hydrogens is 412 g/mol. The van der Waals surface area contributed by atoms with E-state index in [1.807, 2.05) is 19.9 Å². The van der Waals surface area contributed by atoms with Gasteiger partial charge in [-0.1, -0.05) is 29.9 Å². The molecule has 0 saturated carbocycles. The average molecular weight is 445 g/mol. The summed E-state index contributed by atoms with van der Waals surface area (Å²) in [5, 5.41) is 9.33. The number of carbonyl (C=O) groups excluding carboxylic acids is 3. The highest BCUT2D eigenvalue weighted by atomic mass is 16.6. The fourth-order valence-electron chi connectivity index (χ4n) is 3.63. The van der Waals surface area contributed by atoms with Crippen LogP contribution < -0.4 is 0 Å². The Balaban J connectivity index is 2.28. The highest BCUT2D eigenvalue weighted by Crippen LogP contribution is 2.36. The van der Waals surface area contributed by atoms with E-state index in [0.29, 0.717) is 12.0 Å². The number of ether oxygens (including phenoxy) is 3. The van der Waals surface area contributed by atoms with Crippen molar-refractivity contribution in [2.75, 3.05) is 13.2 Å². The summed E-state index contributed by atoms with van der Waals surface area (Å²) >= 11 is 0. The van der Waals surface area contributed by atoms with Gasteiger partial charge in [-0.2, -0.15) is 0 Å². The molecule has 0 amide bonds. The van der Waals surface area contributed by atoms with Gasteiger partial charge in [0.15, 0.2) is 0 Å². The van der Waals surface area contributed by atoms with Crippen molar-refractivity contribution in [3.05, 3.63) is 58.7 Å². The zero-order chi connectivity index (χ0) is 23.8. The second-order valence-electron chi connectivity index (χ2n) is 8.13. The number of aliphatic hydroxyl groups excluding tert-OH is 1. The van der Waals surface area contributed by atoms with Crippen molar-refractivity contribution in [2.45, 2.75) is 59.2 Å². The molecular formula is C25H32O7. The first-order chi connectivity index (χ1) is 15.2. The van der Waals surface area contributed by atoms with Crippen molar-refractivity contribution in [1.29, 1.82) is 0 Å². The van der Waals surface area contributed by atoms with Crippen LogP contribution >= 0.6 is 0 Å². The Morgan fingerprint density at radius 1 is 1.28 bits per heavy atom. The highest BCUT2D eigenvalue weighted by molar-refractivity contribution is 5.93. The Hall–Kier alpha value is -2.93. The molecule has 0 aromatic carbocycles. The molecule has 3 unspecified atom stereocenters. The van der Waals surface area contributed by atoms with Crippen LogP contribution in [0, 0.1) is 5.92 Å². The fourth-order valence-corrected chi connectivity index (χ4v) is 3.63. The molecule has 2 aliphatic rings. The molecule has 1 N–H and O–H groups in total. The van der Waals surface area contributed by atoms with Gasteiger partial charge in [-0.15, -0.1) is 0 Å². The molecule has 7 nitrogen and oxygen atoms in total. The van der Waals surface area contributed by atoms with Crippen molar-refractivity contribution in [3.8, 4) is 0 Å². The summed E-state index contributed by atoms with van der Waals surface area (Å²) in [6.07, 6.45) is 7.62. The molecule has 1 saturated heterocycles. The fraction of sp³-hybridized carbons (Fsp3) is 0.480. The molecule has 174 valence electrons. The normalized spacial score (nSPS) is 24.7. The van der Waals surface area contributed by atoms with Crippen LogP contribution in [0.1, 0.15) is 47.0 Å². The number of aliphatic hydroxyl groups is 1. The number of carbonyl (C=O) groups is 3. The summed E-state index contributed by atoms with van der Waals surface area (Å²) < 4.78 is 16.5. The van der Waals surface area contributed by atoms with Gasteiger partial charge in [0.1, 0.15) is 18.8 Å². The third-order valence-corrected chi connectivity index (χ3v) is 5.64. The summed E-state index contributed by atoms with van der Waals surface area (Å²) in [7, 11) is 0. The maximum atomic E-state index is 13.0. The molecule has 0 aromatic heterocycles. The van der Waals surface area contributed by atoms with E-state index in [9.17, 15) is 19.5 Å². The Labute approximate surface area is 189 Å². The Kier molecular flexibility index (Phi) is 9.20. The van der Waals surface area contributed by atoms with Crippen LogP contribution in [0.15, 0.2) is 58.7 Å². The number of fused-ring (bicyclic) bond motifs is 1. The quantitative estimate of drug-likeness (QED) is 0.290. The Morgan fingerprint density at radius 3 is 2.66 bits per heavy atom. The third-order valence-electron chi connectivity index (χ3n) is 5.64. The largest absolute Gasteiger partial charge is 0.458 e. The Morgan fingerprint density at radius 2 is 2.00 bits per heavy atom. The van der Waals surface area contributed by atoms with Gasteiger partial charge in [0, 0.05) is 17.6 Å². The van der Waals surface area contributed by atoms with E-state index < -0.39 is 42.6 Å². The maximum absolute atomic E-state index is 13.0. The van der Waals surface area contributed by atoms with Gasteiger partial charge in [-0.05, 0) is 52.7 Å². The van der Waals surface area contributed by atoms with E-state index in [1.54, 1.807) is 19.9 Å². The minimum Gasteiger partial charge on any atom is -0.458 e. The van der Waals surface area contributed by atoms with Crippen LogP contribution in [0.25, 0.3) is 0 Å². The zero-order valence-electron chi connectivity index (χ0n) is 19.2. The predicted octanol–water partition coefficient (Wildman–Crippen LogP) is 3.50. The van der Waals surface area contributed by atoms with Gasteiger partial charge in [0.25, 0.3) is 0 Å². The average Bonchev–Trinajstić information content (AvgIpc) is 3.02. The van der Waals surface area contributed by atoms with Crippen LogP contribution in [-0.4, -0.2) is 48.4 Å². The van der Waals surface area contributed by atoms with Crippen LogP contribution in [0.2, 0.25) is 0 Å². The van der Waals surface area contributed by atoms with Crippen LogP contribution in [0.3, 0.4) is 0 Å². The minimum atomic E-state index is -0.730. The molecule has 32 heavy (non-hydrogen) atoms. The first-order valence-electron chi connectivity index (χ1n) is 10.7. The number of esters is 3. The highest BCUT2D eigenvalue weighted by Gasteiger charge is 2.44. The first kappa shape index (κ1) is 25.3. The Bertz CT molecular complexity index is 888. The summed E-state index contributed by atoms with van der Waals surface area (Å²) in [6.45, 7) is 10.3. The maximum Gasteiger partial charge on any atom is 0.337 e. The van der Waals surface area contributed by atoms with E-state index in [2.05, 4.69) is 12.7 Å². The van der Waals surface area contributed by atoms with E-state index >= 15 is 0 Å². The van der Waals surface area contributed by atoms with E-state index in [4.69, 9.17) is 14.2 Å². The van der Waals surface area contributed by atoms with E-state index in [-0.39, 0.29) is 17.8 Å². The van der Waals surface area contributed by atoms with Crippen molar-refractivity contribution in [1.82, 2.24) is 0 Å². The molecule has 1 aliphatic carbocycles. The molecule has 0 aromatic rings. The van der Waals surface area contributed by atoms with E-state index in [1.165, 1.54) is 6.08 Å². The van der Waals surface area contributed by atoms with Gasteiger partial charge < -0.3 is 19.3 Å². The number of allylic oxidation sites excluding steroid dienone is 3. The molecule has 0 radical (unpaired) electrons. The van der Waals surface area contributed by atoms with Crippen molar-refractivity contribution >= 4 is 17.9 Å². The molecule has 0 spiro atoms. The summed E-state index contributed by atoms with van der Waals surface area (Å²) in [4.78, 5) is 37.1. The third kappa shape index (κ3) is 6.53. The molecule has 3 atom stereocenters. The van der Waals surface area contributed by atoms with Crippen molar-refractivity contribution in [2.24, 2.45) is 5.92 Å². The van der Waals surface area contributed by atoms with Crippen molar-refractivity contribution < 1.29 is 33.7 Å². The SMILES string of the molecule is C=C1C(=O)OC2C=C(C)CCC=C(C)CC(OC(=O)C(=CCO)COC(=O)C(C)=CC)C12. The summed E-state index contributed by atoms with van der Waals surface area (Å²) in [6, 6.07) is 0. The van der Waals surface area contributed by atoms with Crippen LogP contribution in [0.4, 0.5) is 0 Å². The smallest absolute Gasteiger partial charge is 0.337 e. The van der Waals surface area contributed by atoms with Gasteiger partial charge in [-0.3, -0.25) is 0 Å². The summed E-state index contributed by atoms with van der Waals surface area (Å²) in [5.74, 6) is -2.34. The van der Waals surface area contributed by atoms with Gasteiger partial charge in [-0.25, -0.2) is 14.4 Å². The minimum absolute atomic E-state index is 0.0163.